The maximum Gasteiger partial charge on any atom is 0.307 e. The van der Waals surface area contributed by atoms with E-state index in [4.69, 9.17) is 5.11 Å². The van der Waals surface area contributed by atoms with Gasteiger partial charge in [-0.25, -0.2) is 0 Å². The molecule has 0 saturated heterocycles. The molecular weight excluding hydrogens is 364 g/mol. The van der Waals surface area contributed by atoms with Gasteiger partial charge in [0.1, 0.15) is 0 Å². The Hall–Kier alpha value is -3.47. The van der Waals surface area contributed by atoms with Gasteiger partial charge in [0, 0.05) is 29.8 Å². The third-order valence-corrected chi connectivity index (χ3v) is 5.05. The fraction of sp³-hybridized carbons (Fsp3) is 0.208. The minimum Gasteiger partial charge on any atom is -0.481 e. The summed E-state index contributed by atoms with van der Waals surface area (Å²) in [4.78, 5) is 15.2. The average molecular weight is 388 g/mol. The average Bonchev–Trinajstić information content (AvgIpc) is 2.70. The van der Waals surface area contributed by atoms with Crippen molar-refractivity contribution in [3.63, 3.8) is 0 Å². The summed E-state index contributed by atoms with van der Waals surface area (Å²) in [6, 6.07) is 19.5. The van der Waals surface area contributed by atoms with E-state index < -0.39 is 5.97 Å². The molecule has 0 bridgehead atoms. The molecule has 1 atom stereocenters. The van der Waals surface area contributed by atoms with E-state index in [-0.39, 0.29) is 12.3 Å². The summed E-state index contributed by atoms with van der Waals surface area (Å²) in [5.74, 6) is -0.884. The monoisotopic (exact) mass is 388 g/mol. The number of hydrogen-bond donors (Lipinski definition) is 2. The molecule has 1 heterocycles. The molecule has 0 aliphatic heterocycles. The number of rotatable bonds is 7. The van der Waals surface area contributed by atoms with Crippen LogP contribution >= 0.6 is 0 Å². The van der Waals surface area contributed by atoms with Gasteiger partial charge in [0.25, 0.3) is 0 Å². The number of carboxylic acid groups (broad SMARTS) is 1. The highest BCUT2D eigenvalue weighted by atomic mass is 16.4. The molecule has 0 radical (unpaired) electrons. The van der Waals surface area contributed by atoms with Crippen molar-refractivity contribution in [2.24, 2.45) is 5.16 Å². The number of aryl methyl sites for hydroxylation is 2. The van der Waals surface area contributed by atoms with Crippen LogP contribution in [0.3, 0.4) is 0 Å². The zero-order valence-electron chi connectivity index (χ0n) is 16.5. The predicted octanol–water partition coefficient (Wildman–Crippen LogP) is 4.73. The highest BCUT2D eigenvalue weighted by Gasteiger charge is 2.20. The molecule has 29 heavy (non-hydrogen) atoms. The van der Waals surface area contributed by atoms with E-state index in [9.17, 15) is 10.0 Å². The number of oxime groups is 1. The summed E-state index contributed by atoms with van der Waals surface area (Å²) in [5.41, 5.74) is 6.36. The van der Waals surface area contributed by atoms with Crippen LogP contribution in [0.4, 0.5) is 0 Å². The van der Waals surface area contributed by atoms with Gasteiger partial charge >= 0.3 is 5.97 Å². The molecule has 148 valence electrons. The molecule has 3 rings (SSSR count). The minimum atomic E-state index is -0.851. The molecule has 0 aliphatic rings. The molecule has 0 aliphatic carbocycles. The van der Waals surface area contributed by atoms with Crippen molar-refractivity contribution in [2.75, 3.05) is 0 Å². The Balaban J connectivity index is 2.00. The second-order valence-corrected chi connectivity index (χ2v) is 7.16. The van der Waals surface area contributed by atoms with Crippen molar-refractivity contribution in [1.29, 1.82) is 0 Å². The van der Waals surface area contributed by atoms with E-state index in [0.717, 1.165) is 33.5 Å². The quantitative estimate of drug-likeness (QED) is 0.348. The molecule has 2 aromatic carbocycles. The standard InChI is InChI=1S/C24H24N2O3/c1-16-5-3-4-6-21(16)22(19-9-7-18(8-10-19)14-24(27)28)15-23(26-29)20-11-12-25-17(2)13-20/h3-13,22,29H,14-15H2,1-2H3,(H,27,28)/b26-23-. The van der Waals surface area contributed by atoms with Crippen molar-refractivity contribution in [1.82, 2.24) is 4.98 Å². The van der Waals surface area contributed by atoms with Gasteiger partial charge in [-0.15, -0.1) is 0 Å². The third-order valence-electron chi connectivity index (χ3n) is 5.05. The zero-order chi connectivity index (χ0) is 20.8. The number of benzene rings is 2. The predicted molar refractivity (Wildman–Crippen MR) is 113 cm³/mol. The Morgan fingerprint density at radius 1 is 1.07 bits per heavy atom. The van der Waals surface area contributed by atoms with Gasteiger partial charge in [-0.3, -0.25) is 9.78 Å². The Kier molecular flexibility index (Phi) is 6.39. The first-order valence-electron chi connectivity index (χ1n) is 9.48. The number of aliphatic carboxylic acids is 1. The molecule has 3 aromatic rings. The number of nitrogens with zero attached hydrogens (tertiary/aromatic N) is 2. The third kappa shape index (κ3) is 5.08. The molecule has 0 amide bonds. The Morgan fingerprint density at radius 3 is 2.41 bits per heavy atom. The minimum absolute atomic E-state index is 0.00501. The first kappa shape index (κ1) is 20.3. The first-order valence-corrected chi connectivity index (χ1v) is 9.48. The summed E-state index contributed by atoms with van der Waals surface area (Å²) < 4.78 is 0. The van der Waals surface area contributed by atoms with Crippen LogP contribution in [0.25, 0.3) is 0 Å². The SMILES string of the molecule is Cc1cc(/C(CC(c2ccc(CC(=O)O)cc2)c2ccccc2C)=N\O)ccn1. The van der Waals surface area contributed by atoms with Crippen LogP contribution in [-0.4, -0.2) is 27.0 Å². The van der Waals surface area contributed by atoms with Gasteiger partial charge in [0.05, 0.1) is 12.1 Å². The molecule has 1 aromatic heterocycles. The van der Waals surface area contributed by atoms with Crippen LogP contribution in [0.5, 0.6) is 0 Å². The fourth-order valence-corrected chi connectivity index (χ4v) is 3.56. The maximum atomic E-state index is 11.0. The normalized spacial score (nSPS) is 12.6. The Bertz CT molecular complexity index is 1030. The van der Waals surface area contributed by atoms with E-state index in [0.29, 0.717) is 12.1 Å². The molecule has 0 fully saturated rings. The molecule has 5 nitrogen and oxygen atoms in total. The van der Waals surface area contributed by atoms with Crippen LogP contribution in [0.15, 0.2) is 72.0 Å². The summed E-state index contributed by atoms with van der Waals surface area (Å²) in [6.45, 7) is 3.96. The van der Waals surface area contributed by atoms with Crippen molar-refractivity contribution in [3.8, 4) is 0 Å². The van der Waals surface area contributed by atoms with Crippen molar-refractivity contribution in [3.05, 3.63) is 100 Å². The van der Waals surface area contributed by atoms with E-state index in [1.54, 1.807) is 6.20 Å². The molecule has 5 heteroatoms. The van der Waals surface area contributed by atoms with Gasteiger partial charge in [-0.2, -0.15) is 0 Å². The van der Waals surface area contributed by atoms with Crippen LogP contribution in [0.1, 0.15) is 45.8 Å². The lowest BCUT2D eigenvalue weighted by Gasteiger charge is -2.21. The lowest BCUT2D eigenvalue weighted by Crippen LogP contribution is -2.12. The summed E-state index contributed by atoms with van der Waals surface area (Å²) in [6.07, 6.45) is 2.21. The second-order valence-electron chi connectivity index (χ2n) is 7.16. The summed E-state index contributed by atoms with van der Waals surface area (Å²) in [5, 5.41) is 22.3. The second kappa shape index (κ2) is 9.15. The van der Waals surface area contributed by atoms with Crippen LogP contribution in [0, 0.1) is 13.8 Å². The first-order chi connectivity index (χ1) is 14.0. The summed E-state index contributed by atoms with van der Waals surface area (Å²) in [7, 11) is 0. The lowest BCUT2D eigenvalue weighted by molar-refractivity contribution is -0.136. The van der Waals surface area contributed by atoms with Crippen LogP contribution < -0.4 is 0 Å². The maximum absolute atomic E-state index is 11.0. The van der Waals surface area contributed by atoms with Crippen molar-refractivity contribution >= 4 is 11.7 Å². The highest BCUT2D eigenvalue weighted by molar-refractivity contribution is 6.01. The van der Waals surface area contributed by atoms with E-state index in [1.165, 1.54) is 0 Å². The number of hydrogen-bond acceptors (Lipinski definition) is 4. The van der Waals surface area contributed by atoms with Crippen molar-refractivity contribution in [2.45, 2.75) is 32.6 Å². The number of pyridine rings is 1. The van der Waals surface area contributed by atoms with Gasteiger partial charge in [-0.1, -0.05) is 53.7 Å². The van der Waals surface area contributed by atoms with Gasteiger partial charge in [-0.05, 0) is 48.2 Å². The van der Waals surface area contributed by atoms with Gasteiger partial charge in [0.15, 0.2) is 0 Å². The molecule has 0 spiro atoms. The number of carboxylic acids is 1. The highest BCUT2D eigenvalue weighted by Crippen LogP contribution is 2.32. The number of carbonyl (C=O) groups is 1. The Morgan fingerprint density at radius 2 is 1.79 bits per heavy atom. The Labute approximate surface area is 170 Å². The largest absolute Gasteiger partial charge is 0.481 e. The van der Waals surface area contributed by atoms with Gasteiger partial charge in [0.2, 0.25) is 0 Å². The smallest absolute Gasteiger partial charge is 0.307 e. The zero-order valence-corrected chi connectivity index (χ0v) is 16.5. The molecule has 0 saturated carbocycles. The molecular formula is C24H24N2O3. The van der Waals surface area contributed by atoms with E-state index in [2.05, 4.69) is 29.2 Å². The van der Waals surface area contributed by atoms with Crippen LogP contribution in [0.2, 0.25) is 0 Å². The van der Waals surface area contributed by atoms with Gasteiger partial charge < -0.3 is 10.3 Å². The molecule has 1 unspecified atom stereocenters. The van der Waals surface area contributed by atoms with E-state index in [1.807, 2.05) is 55.5 Å². The van der Waals surface area contributed by atoms with Crippen molar-refractivity contribution < 1.29 is 15.1 Å². The van der Waals surface area contributed by atoms with Crippen LogP contribution in [-0.2, 0) is 11.2 Å². The fourth-order valence-electron chi connectivity index (χ4n) is 3.56. The summed E-state index contributed by atoms with van der Waals surface area (Å²) >= 11 is 0. The lowest BCUT2D eigenvalue weighted by atomic mass is 9.83. The van der Waals surface area contributed by atoms with E-state index >= 15 is 0 Å². The molecule has 2 N–H and O–H groups in total. The topological polar surface area (TPSA) is 82.8 Å². The number of aromatic nitrogens is 1.